The molecule has 2 N–H and O–H groups in total. The molecule has 0 bridgehead atoms. The molecule has 0 heterocycles. The van der Waals surface area contributed by atoms with E-state index in [0.717, 1.165) is 5.56 Å². The lowest BCUT2D eigenvalue weighted by molar-refractivity contribution is -0.141. The second kappa shape index (κ2) is 9.01. The van der Waals surface area contributed by atoms with Crippen LogP contribution in [0, 0.1) is 0 Å². The van der Waals surface area contributed by atoms with Gasteiger partial charge in [-0.15, -0.1) is 0 Å². The van der Waals surface area contributed by atoms with E-state index in [1.807, 2.05) is 0 Å². The first-order valence-electron chi connectivity index (χ1n) is 7.90. The topological polar surface area (TPSA) is 84.5 Å². The molecular weight excluding hydrogens is 356 g/mol. The fraction of sp³-hybridized carbons (Fsp3) is 0.211. The van der Waals surface area contributed by atoms with Gasteiger partial charge in [-0.05, 0) is 42.0 Å². The molecule has 0 radical (unpaired) electrons. The fourth-order valence-corrected chi connectivity index (χ4v) is 2.47. The summed E-state index contributed by atoms with van der Waals surface area (Å²) in [5.74, 6) is -0.974. The van der Waals surface area contributed by atoms with Gasteiger partial charge in [0.1, 0.15) is 0 Å². The Balaban J connectivity index is 2.15. The van der Waals surface area contributed by atoms with Gasteiger partial charge in [0, 0.05) is 23.2 Å². The molecule has 0 fully saturated rings. The largest absolute Gasteiger partial charge is 0.469 e. The number of rotatable bonds is 6. The highest BCUT2D eigenvalue weighted by atomic mass is 35.5. The third-order valence-electron chi connectivity index (χ3n) is 3.64. The van der Waals surface area contributed by atoms with Crippen LogP contribution < -0.4 is 10.6 Å². The van der Waals surface area contributed by atoms with Gasteiger partial charge in [0.15, 0.2) is 0 Å². The lowest BCUT2D eigenvalue weighted by atomic mass is 10.0. The maximum atomic E-state index is 12.5. The molecule has 2 rings (SSSR count). The van der Waals surface area contributed by atoms with E-state index in [-0.39, 0.29) is 18.2 Å². The zero-order valence-electron chi connectivity index (χ0n) is 14.4. The van der Waals surface area contributed by atoms with Gasteiger partial charge in [-0.2, -0.15) is 0 Å². The predicted octanol–water partition coefficient (Wildman–Crippen LogP) is 3.33. The van der Waals surface area contributed by atoms with Crippen molar-refractivity contribution in [3.8, 4) is 0 Å². The van der Waals surface area contributed by atoms with Crippen LogP contribution in [0.2, 0.25) is 5.02 Å². The number of carbonyl (C=O) groups is 3. The van der Waals surface area contributed by atoms with Gasteiger partial charge in [0.2, 0.25) is 5.91 Å². The normalized spacial score (nSPS) is 11.3. The van der Waals surface area contributed by atoms with E-state index in [1.54, 1.807) is 48.5 Å². The first-order valence-corrected chi connectivity index (χ1v) is 8.27. The molecule has 2 amide bonds. The Labute approximate surface area is 156 Å². The third kappa shape index (κ3) is 5.60. The first kappa shape index (κ1) is 19.5. The van der Waals surface area contributed by atoms with Crippen LogP contribution in [0.5, 0.6) is 0 Å². The number of esters is 1. The maximum Gasteiger partial charge on any atom is 0.307 e. The Morgan fingerprint density at radius 3 is 2.19 bits per heavy atom. The Morgan fingerprint density at radius 2 is 1.65 bits per heavy atom. The summed E-state index contributed by atoms with van der Waals surface area (Å²) in [6, 6.07) is 12.8. The summed E-state index contributed by atoms with van der Waals surface area (Å²) < 4.78 is 4.71. The molecule has 1 atom stereocenters. The minimum atomic E-state index is -0.553. The molecule has 0 saturated carbocycles. The van der Waals surface area contributed by atoms with Crippen molar-refractivity contribution in [2.75, 3.05) is 12.4 Å². The average Bonchev–Trinajstić information content (AvgIpc) is 2.61. The number of hydrogen-bond acceptors (Lipinski definition) is 4. The van der Waals surface area contributed by atoms with Gasteiger partial charge < -0.3 is 15.4 Å². The lowest BCUT2D eigenvalue weighted by Crippen LogP contribution is -2.30. The van der Waals surface area contributed by atoms with Gasteiger partial charge in [0.25, 0.3) is 5.91 Å². The fourth-order valence-electron chi connectivity index (χ4n) is 2.35. The Kier molecular flexibility index (Phi) is 6.74. The van der Waals surface area contributed by atoms with E-state index in [2.05, 4.69) is 10.6 Å². The number of ether oxygens (including phenoxy) is 1. The highest BCUT2D eigenvalue weighted by Gasteiger charge is 2.19. The molecule has 136 valence electrons. The van der Waals surface area contributed by atoms with Crippen LogP contribution in [-0.4, -0.2) is 24.9 Å². The Morgan fingerprint density at radius 1 is 1.04 bits per heavy atom. The van der Waals surface area contributed by atoms with Crippen molar-refractivity contribution in [3.63, 3.8) is 0 Å². The van der Waals surface area contributed by atoms with Crippen LogP contribution in [0.3, 0.4) is 0 Å². The summed E-state index contributed by atoms with van der Waals surface area (Å²) in [6.45, 7) is 1.41. The Bertz CT molecular complexity index is 788. The Hall–Kier alpha value is -2.86. The number of benzene rings is 2. The SMILES string of the molecule is COC(=O)CC(NC(=O)c1ccc(NC(C)=O)cc1)c1ccc(Cl)cc1. The van der Waals surface area contributed by atoms with E-state index in [1.165, 1.54) is 14.0 Å². The molecule has 0 spiro atoms. The van der Waals surface area contributed by atoms with Gasteiger partial charge in [-0.25, -0.2) is 0 Å². The number of carbonyl (C=O) groups excluding carboxylic acids is 3. The van der Waals surface area contributed by atoms with Crippen molar-refractivity contribution in [1.29, 1.82) is 0 Å². The summed E-state index contributed by atoms with van der Waals surface area (Å²) in [5, 5.41) is 6.02. The minimum Gasteiger partial charge on any atom is -0.469 e. The molecular formula is C19H19ClN2O4. The summed E-state index contributed by atoms with van der Waals surface area (Å²) in [4.78, 5) is 35.3. The first-order chi connectivity index (χ1) is 12.4. The highest BCUT2D eigenvalue weighted by Crippen LogP contribution is 2.21. The average molecular weight is 375 g/mol. The number of anilines is 1. The van der Waals surface area contributed by atoms with Gasteiger partial charge >= 0.3 is 5.97 Å². The second-order valence-corrected chi connectivity index (χ2v) is 6.05. The molecule has 0 aliphatic heterocycles. The van der Waals surface area contributed by atoms with Crippen LogP contribution in [0.25, 0.3) is 0 Å². The van der Waals surface area contributed by atoms with E-state index in [4.69, 9.17) is 16.3 Å². The van der Waals surface area contributed by atoms with Crippen LogP contribution in [0.15, 0.2) is 48.5 Å². The summed E-state index contributed by atoms with van der Waals surface area (Å²) >= 11 is 5.89. The maximum absolute atomic E-state index is 12.5. The van der Waals surface area contributed by atoms with E-state index in [9.17, 15) is 14.4 Å². The van der Waals surface area contributed by atoms with Crippen LogP contribution in [0.4, 0.5) is 5.69 Å². The zero-order chi connectivity index (χ0) is 19.1. The smallest absolute Gasteiger partial charge is 0.307 e. The van der Waals surface area contributed by atoms with Crippen LogP contribution >= 0.6 is 11.6 Å². The number of methoxy groups -OCH3 is 1. The van der Waals surface area contributed by atoms with Crippen molar-refractivity contribution in [2.45, 2.75) is 19.4 Å². The molecule has 0 aliphatic carbocycles. The summed E-state index contributed by atoms with van der Waals surface area (Å²) in [7, 11) is 1.30. The number of hydrogen-bond donors (Lipinski definition) is 2. The molecule has 7 heteroatoms. The van der Waals surface area contributed by atoms with Gasteiger partial charge in [-0.1, -0.05) is 23.7 Å². The van der Waals surface area contributed by atoms with E-state index < -0.39 is 12.0 Å². The van der Waals surface area contributed by atoms with Gasteiger partial charge in [-0.3, -0.25) is 14.4 Å². The summed E-state index contributed by atoms with van der Waals surface area (Å²) in [5.41, 5.74) is 1.74. The number of nitrogens with one attached hydrogen (secondary N) is 2. The number of amides is 2. The van der Waals surface area contributed by atoms with Crippen LogP contribution in [0.1, 0.15) is 35.3 Å². The molecule has 2 aromatic carbocycles. The van der Waals surface area contributed by atoms with E-state index >= 15 is 0 Å². The molecule has 0 saturated heterocycles. The van der Waals surface area contributed by atoms with Crippen molar-refractivity contribution >= 4 is 35.1 Å². The van der Waals surface area contributed by atoms with Crippen molar-refractivity contribution in [3.05, 3.63) is 64.7 Å². The predicted molar refractivity (Wildman–Crippen MR) is 99.0 cm³/mol. The number of halogens is 1. The highest BCUT2D eigenvalue weighted by molar-refractivity contribution is 6.30. The standard InChI is InChI=1S/C19H19ClN2O4/c1-12(23)21-16-9-5-14(6-10-16)19(25)22-17(11-18(24)26-2)13-3-7-15(20)8-4-13/h3-10,17H,11H2,1-2H3,(H,21,23)(H,22,25). The molecule has 0 aromatic heterocycles. The van der Waals surface area contributed by atoms with Crippen molar-refractivity contribution in [1.82, 2.24) is 5.32 Å². The molecule has 2 aromatic rings. The lowest BCUT2D eigenvalue weighted by Gasteiger charge is -2.18. The van der Waals surface area contributed by atoms with Gasteiger partial charge in [0.05, 0.1) is 19.6 Å². The second-order valence-electron chi connectivity index (χ2n) is 5.62. The molecule has 0 aliphatic rings. The monoisotopic (exact) mass is 374 g/mol. The van der Waals surface area contributed by atoms with E-state index in [0.29, 0.717) is 16.3 Å². The quantitative estimate of drug-likeness (QED) is 0.759. The molecule has 1 unspecified atom stereocenters. The zero-order valence-corrected chi connectivity index (χ0v) is 15.2. The molecule has 6 nitrogen and oxygen atoms in total. The molecule has 26 heavy (non-hydrogen) atoms. The van der Waals surface area contributed by atoms with Crippen molar-refractivity contribution in [2.24, 2.45) is 0 Å². The van der Waals surface area contributed by atoms with Crippen molar-refractivity contribution < 1.29 is 19.1 Å². The summed E-state index contributed by atoms with van der Waals surface area (Å²) in [6.07, 6.45) is -0.00610. The minimum absolute atomic E-state index is 0.00610. The van der Waals surface area contributed by atoms with Crippen LogP contribution in [-0.2, 0) is 14.3 Å². The third-order valence-corrected chi connectivity index (χ3v) is 3.90.